The Morgan fingerprint density at radius 2 is 0.811 bits per heavy atom. The number of allylic oxidation sites excluding steroid dienone is 14. The Morgan fingerprint density at radius 1 is 0.421 bits per heavy atom. The largest absolute Gasteiger partial charge is 0.462 e. The maximum absolute atomic E-state index is 11.6. The van der Waals surface area contributed by atoms with Crippen molar-refractivity contribution in [3.8, 4) is 60.7 Å². The summed E-state index contributed by atoms with van der Waals surface area (Å²) in [6.45, 7) is 24.4. The van der Waals surface area contributed by atoms with Crippen LogP contribution in [0.4, 0.5) is 0 Å². The Hall–Kier alpha value is -12.2. The summed E-state index contributed by atoms with van der Waals surface area (Å²) >= 11 is 0. The van der Waals surface area contributed by atoms with E-state index in [1.165, 1.54) is 24.3 Å². The van der Waals surface area contributed by atoms with Crippen LogP contribution in [0.15, 0.2) is 152 Å². The molecule has 2 aliphatic rings. The van der Waals surface area contributed by atoms with Crippen molar-refractivity contribution in [3.05, 3.63) is 163 Å². The van der Waals surface area contributed by atoms with Crippen LogP contribution in [0.3, 0.4) is 0 Å². The standard InChI is InChI=1S/C16H16N2O4.C16H20N2O2.C16H14N2O2.C14H16N2O2.C11H12N2O2/c1-5-11(3)13(9-17)15(19)21-7-8-22-16(20)14(10-18)12(4)6-2;2*1-3-20-16(19)15(11-18)9-14-6-4-13(5-7-14)8-12(2)10-17;1-3-18-14(17)13(9-16)12-6-4-11(5-7-12)10(2)8-15;1-3-15-11(14)10(8-13)6-4-5-9(2)7-12/h5-6H,1-2,7-8H2,3-4H3;8-9,13-14H,3-7H2,1-2H3;4-9H,3H2,1-2H3;3-7H2,1-2H3;5-6H,3-4H2,1-2H3/b13-11+,14-12+;2*12-8-,15-9+;;9-5-,10-6+. The van der Waals surface area contributed by atoms with Gasteiger partial charge in [0.15, 0.2) is 0 Å². The van der Waals surface area contributed by atoms with E-state index in [9.17, 15) is 28.8 Å². The first-order chi connectivity index (χ1) is 45.4. The van der Waals surface area contributed by atoms with Crippen molar-refractivity contribution in [3.63, 3.8) is 0 Å². The van der Waals surface area contributed by atoms with Crippen LogP contribution in [0.2, 0.25) is 0 Å². The van der Waals surface area contributed by atoms with E-state index < -0.39 is 35.8 Å². The molecule has 95 heavy (non-hydrogen) atoms. The summed E-state index contributed by atoms with van der Waals surface area (Å²) in [4.78, 5) is 68.9. The molecular weight excluding hydrogens is 1210 g/mol. The first-order valence-corrected chi connectivity index (χ1v) is 29.8. The maximum Gasteiger partial charge on any atom is 0.349 e. The van der Waals surface area contributed by atoms with Gasteiger partial charge in [0, 0.05) is 22.3 Å². The first kappa shape index (κ1) is 84.9. The topological polar surface area (TPSA) is 396 Å². The van der Waals surface area contributed by atoms with Gasteiger partial charge in [0.1, 0.15) is 83.1 Å². The zero-order valence-electron chi connectivity index (χ0n) is 55.5. The smallest absolute Gasteiger partial charge is 0.349 e. The van der Waals surface area contributed by atoms with Crippen LogP contribution in [-0.4, -0.2) is 75.5 Å². The molecule has 2 fully saturated rings. The van der Waals surface area contributed by atoms with Crippen LogP contribution in [0.1, 0.15) is 138 Å². The molecule has 22 nitrogen and oxygen atoms in total. The highest BCUT2D eigenvalue weighted by Gasteiger charge is 2.23. The lowest BCUT2D eigenvalue weighted by atomic mass is 9.80. The summed E-state index contributed by atoms with van der Waals surface area (Å²) in [6, 6.07) is 26.3. The van der Waals surface area contributed by atoms with Crippen LogP contribution < -0.4 is 0 Å². The number of nitrogens with zero attached hydrogens (tertiary/aromatic N) is 10. The number of nitriles is 10. The van der Waals surface area contributed by atoms with E-state index in [2.05, 4.69) is 30.0 Å². The predicted molar refractivity (Wildman–Crippen MR) is 350 cm³/mol. The average Bonchev–Trinajstić information content (AvgIpc) is 1.27. The molecule has 2 aliphatic carbocycles. The summed E-state index contributed by atoms with van der Waals surface area (Å²) < 4.78 is 28.8. The molecule has 3 rings (SSSR count). The molecule has 0 radical (unpaired) electrons. The van der Waals surface area contributed by atoms with Crippen molar-refractivity contribution in [1.82, 2.24) is 0 Å². The normalized spacial score (nSPS) is 14.7. The zero-order valence-corrected chi connectivity index (χ0v) is 55.5. The molecule has 0 spiro atoms. The first-order valence-electron chi connectivity index (χ1n) is 29.8. The van der Waals surface area contributed by atoms with Gasteiger partial charge in [-0.25, -0.2) is 28.8 Å². The molecule has 0 amide bonds. The van der Waals surface area contributed by atoms with Crippen LogP contribution in [0, 0.1) is 125 Å². The number of rotatable bonds is 21. The van der Waals surface area contributed by atoms with Crippen molar-refractivity contribution in [2.24, 2.45) is 11.8 Å². The predicted octanol–water partition coefficient (Wildman–Crippen LogP) is 13.1. The van der Waals surface area contributed by atoms with Gasteiger partial charge < -0.3 is 28.4 Å². The monoisotopic (exact) mass is 1290 g/mol. The average molecular weight is 1290 g/mol. The van der Waals surface area contributed by atoms with Gasteiger partial charge in [-0.3, -0.25) is 0 Å². The molecule has 0 aromatic heterocycles. The third-order valence-electron chi connectivity index (χ3n) is 13.1. The van der Waals surface area contributed by atoms with Gasteiger partial charge in [0.05, 0.1) is 50.7 Å². The van der Waals surface area contributed by atoms with Crippen molar-refractivity contribution in [2.75, 3.05) is 39.6 Å². The highest BCUT2D eigenvalue weighted by atomic mass is 16.6. The second kappa shape index (κ2) is 50.6. The molecule has 0 unspecified atom stereocenters. The number of carbonyl (C=O) groups is 6. The third-order valence-corrected chi connectivity index (χ3v) is 13.1. The summed E-state index contributed by atoms with van der Waals surface area (Å²) in [5.74, 6) is -3.27. The lowest BCUT2D eigenvalue weighted by molar-refractivity contribution is -0.146. The number of esters is 6. The van der Waals surface area contributed by atoms with E-state index in [0.29, 0.717) is 47.5 Å². The van der Waals surface area contributed by atoms with Gasteiger partial charge >= 0.3 is 35.8 Å². The molecule has 0 heterocycles. The molecule has 492 valence electrons. The minimum absolute atomic E-state index is 0.0289. The van der Waals surface area contributed by atoms with Crippen LogP contribution in [-0.2, 0) is 57.2 Å². The van der Waals surface area contributed by atoms with Gasteiger partial charge in [-0.05, 0) is 179 Å². The van der Waals surface area contributed by atoms with E-state index in [1.807, 2.05) is 55.5 Å². The van der Waals surface area contributed by atoms with Crippen molar-refractivity contribution in [2.45, 2.75) is 127 Å². The summed E-state index contributed by atoms with van der Waals surface area (Å²) in [5.41, 5.74) is 6.89. The molecule has 0 bridgehead atoms. The van der Waals surface area contributed by atoms with Crippen molar-refractivity contribution >= 4 is 48.0 Å². The minimum atomic E-state index is -0.825. The second-order valence-corrected chi connectivity index (χ2v) is 19.9. The summed E-state index contributed by atoms with van der Waals surface area (Å²) in [6.07, 6.45) is 19.8. The van der Waals surface area contributed by atoms with Gasteiger partial charge in [0.2, 0.25) is 0 Å². The number of hydrogen-bond acceptors (Lipinski definition) is 22. The molecule has 2 saturated carbocycles. The number of carbonyl (C=O) groups excluding carboxylic acids is 6. The maximum atomic E-state index is 11.6. The number of benzene rings is 1. The summed E-state index contributed by atoms with van der Waals surface area (Å²) in [5, 5.41) is 88.0. The van der Waals surface area contributed by atoms with Gasteiger partial charge in [-0.1, -0.05) is 79.5 Å². The Kier molecular flexibility index (Phi) is 45.2. The summed E-state index contributed by atoms with van der Waals surface area (Å²) in [7, 11) is 0. The SMILES string of the molecule is C=C/C(C)=C(\C#N)C(=O)OCCOC(=O)/C(C#N)=C(\C)C=C.CCOC(=O)/C(C#N)=C/C/C=C(/C)C#N.CCOC(=O)/C(C#N)=C/C1CCC(/C=C(/C)C#N)CC1.CCOC(=O)/C(C#N)=C/c1ccc(/C=C(/C)C#N)cc1.CCOC(=O)C(C#N)=C1CCC(=C(C)C#N)CC1. The van der Waals surface area contributed by atoms with Crippen LogP contribution >= 0.6 is 0 Å². The fraction of sp³-hybridized carbons (Fsp3) is 0.370. The Balaban J connectivity index is 0. The van der Waals surface area contributed by atoms with E-state index >= 15 is 0 Å². The Bertz CT molecular complexity index is 3640. The molecule has 0 saturated heterocycles. The lowest BCUT2D eigenvalue weighted by Crippen LogP contribution is -2.16. The van der Waals surface area contributed by atoms with Crippen molar-refractivity contribution in [1.29, 1.82) is 52.6 Å². The highest BCUT2D eigenvalue weighted by molar-refractivity contribution is 5.98. The zero-order chi connectivity index (χ0) is 72.3. The van der Waals surface area contributed by atoms with Gasteiger partial charge in [-0.2, -0.15) is 52.6 Å². The number of hydrogen-bond donors (Lipinski definition) is 0. The molecule has 1 aromatic carbocycles. The lowest BCUT2D eigenvalue weighted by Gasteiger charge is -2.24. The molecular formula is C73H78N10O12. The Labute approximate surface area is 557 Å². The molecule has 0 aliphatic heterocycles. The molecule has 1 aromatic rings. The van der Waals surface area contributed by atoms with Gasteiger partial charge in [0.25, 0.3) is 0 Å². The van der Waals surface area contributed by atoms with Crippen LogP contribution in [0.25, 0.3) is 12.2 Å². The van der Waals surface area contributed by atoms with E-state index in [4.69, 9.17) is 76.3 Å². The Morgan fingerprint density at radius 3 is 1.19 bits per heavy atom. The van der Waals surface area contributed by atoms with E-state index in [1.54, 1.807) is 111 Å². The quantitative estimate of drug-likeness (QED) is 0.0275. The fourth-order valence-corrected chi connectivity index (χ4v) is 7.97. The fourth-order valence-electron chi connectivity index (χ4n) is 7.97. The van der Waals surface area contributed by atoms with Crippen molar-refractivity contribution < 1.29 is 57.2 Å². The number of ether oxygens (including phenoxy) is 6. The molecule has 22 heteroatoms. The highest BCUT2D eigenvalue weighted by Crippen LogP contribution is 2.33. The van der Waals surface area contributed by atoms with Gasteiger partial charge in [-0.15, -0.1) is 0 Å². The third kappa shape index (κ3) is 34.6. The van der Waals surface area contributed by atoms with E-state index in [0.717, 1.165) is 71.9 Å². The molecule has 0 atom stereocenters. The minimum Gasteiger partial charge on any atom is -0.462 e. The van der Waals surface area contributed by atoms with Crippen LogP contribution in [0.5, 0.6) is 0 Å². The molecule has 0 N–H and O–H groups in total. The van der Waals surface area contributed by atoms with E-state index in [-0.39, 0.29) is 79.0 Å². The second-order valence-electron chi connectivity index (χ2n) is 19.9.